The summed E-state index contributed by atoms with van der Waals surface area (Å²) in [5.74, 6) is -0.558. The first-order valence-electron chi connectivity index (χ1n) is 16.2. The topological polar surface area (TPSA) is 71.9 Å². The van der Waals surface area contributed by atoms with Crippen molar-refractivity contribution in [3.05, 3.63) is 103 Å². The Morgan fingerprint density at radius 2 is 1.06 bits per heavy atom. The zero-order chi connectivity index (χ0) is 35.3. The normalized spacial score (nSPS) is 18.5. The lowest BCUT2D eigenvalue weighted by atomic mass is 9.77. The minimum absolute atomic E-state index is 0.120. The highest BCUT2D eigenvalue weighted by molar-refractivity contribution is 6.62. The smallest absolute Gasteiger partial charge is 0.399 e. The molecule has 0 atom stereocenters. The fourth-order valence-corrected chi connectivity index (χ4v) is 4.61. The van der Waals surface area contributed by atoms with E-state index in [9.17, 15) is 8.78 Å². The van der Waals surface area contributed by atoms with Crippen molar-refractivity contribution in [2.75, 3.05) is 0 Å². The van der Waals surface area contributed by atoms with Gasteiger partial charge in [-0.25, -0.2) is 8.78 Å². The Morgan fingerprint density at radius 3 is 1.52 bits per heavy atom. The van der Waals surface area contributed by atoms with E-state index in [-0.39, 0.29) is 28.9 Å². The van der Waals surface area contributed by atoms with E-state index in [0.29, 0.717) is 5.46 Å². The third kappa shape index (κ3) is 9.15. The van der Waals surface area contributed by atoms with E-state index in [0.717, 1.165) is 22.5 Å². The molecule has 0 radical (unpaired) electrons. The van der Waals surface area contributed by atoms with E-state index >= 15 is 0 Å². The first kappa shape index (κ1) is 37.4. The minimum atomic E-state index is -0.714. The van der Waals surface area contributed by atoms with Crippen LogP contribution in [0.15, 0.2) is 91.3 Å². The van der Waals surface area contributed by atoms with Crippen LogP contribution in [0.25, 0.3) is 22.5 Å². The maximum absolute atomic E-state index is 14.3. The van der Waals surface area contributed by atoms with Crippen LogP contribution >= 0.6 is 0 Å². The maximum Gasteiger partial charge on any atom is 0.640 e. The number of halogens is 2. The predicted molar refractivity (Wildman–Crippen MR) is 187 cm³/mol. The Balaban J connectivity index is 0.000000173. The third-order valence-corrected chi connectivity index (χ3v) is 8.88. The third-order valence-electron chi connectivity index (χ3n) is 8.88. The predicted octanol–water partition coefficient (Wildman–Crippen LogP) is 8.07. The van der Waals surface area contributed by atoms with Gasteiger partial charge in [0.2, 0.25) is 0 Å². The van der Waals surface area contributed by atoms with Crippen molar-refractivity contribution < 1.29 is 32.1 Å². The molecule has 4 heterocycles. The molecule has 0 amide bonds. The average Bonchev–Trinajstić information content (AvgIpc) is 3.37. The molecular formula is C37H46B2F2N2O5. The Bertz CT molecular complexity index is 1590. The van der Waals surface area contributed by atoms with Crippen molar-refractivity contribution in [3.8, 4) is 22.5 Å². The Labute approximate surface area is 284 Å². The zero-order valence-electron chi connectivity index (χ0n) is 29.6. The van der Waals surface area contributed by atoms with Crippen LogP contribution in [0.1, 0.15) is 69.2 Å². The number of aromatic nitrogens is 2. The van der Waals surface area contributed by atoms with Crippen LogP contribution in [0.5, 0.6) is 0 Å². The van der Waals surface area contributed by atoms with Crippen LogP contribution in [0.4, 0.5) is 8.78 Å². The molecule has 0 aliphatic carbocycles. The second kappa shape index (κ2) is 15.0. The molecule has 0 unspecified atom stereocenters. The first-order chi connectivity index (χ1) is 22.4. The molecule has 2 aromatic carbocycles. The van der Waals surface area contributed by atoms with Gasteiger partial charge in [-0.15, -0.1) is 0 Å². The molecule has 0 N–H and O–H groups in total. The van der Waals surface area contributed by atoms with Gasteiger partial charge in [0.1, 0.15) is 11.6 Å². The van der Waals surface area contributed by atoms with Gasteiger partial charge >= 0.3 is 14.4 Å². The molecular weight excluding hydrogens is 612 g/mol. The molecule has 0 bridgehead atoms. The van der Waals surface area contributed by atoms with Crippen molar-refractivity contribution in [1.29, 1.82) is 0 Å². The molecule has 2 fully saturated rings. The lowest BCUT2D eigenvalue weighted by Crippen LogP contribution is -2.41. The van der Waals surface area contributed by atoms with E-state index in [1.54, 1.807) is 36.7 Å². The summed E-state index contributed by atoms with van der Waals surface area (Å²) in [6.07, 6.45) is 3.56. The fourth-order valence-electron chi connectivity index (χ4n) is 4.61. The molecule has 2 saturated heterocycles. The van der Waals surface area contributed by atoms with Gasteiger partial charge in [-0.3, -0.25) is 9.97 Å². The quantitative estimate of drug-likeness (QED) is 0.201. The van der Waals surface area contributed by atoms with Gasteiger partial charge in [-0.1, -0.05) is 18.2 Å². The standard InChI is InChI=1S/C17H19BFNO2.C11H8FN.C9H19BO3/c1-16(2)17(3,4)22-18(21-16)13-11-12(8-9-14(13)19)15-7-5-6-10-20-15;12-10-6-4-9(5-7-10)11-3-1-2-8-13-11;1-7(2)11-10-12-8(3,4)9(5,6)13-10/h5-11H,1-4H3;1-8H;7H,1-6H3. The average molecular weight is 658 g/mol. The lowest BCUT2D eigenvalue weighted by Gasteiger charge is -2.32. The molecule has 11 heteroatoms. The fraction of sp³-hybridized carbons (Fsp3) is 0.405. The van der Waals surface area contributed by atoms with Crippen molar-refractivity contribution in [3.63, 3.8) is 0 Å². The Hall–Kier alpha value is -3.47. The molecule has 0 spiro atoms. The van der Waals surface area contributed by atoms with Gasteiger partial charge in [-0.05, 0) is 135 Å². The van der Waals surface area contributed by atoms with Gasteiger partial charge in [0.15, 0.2) is 0 Å². The maximum atomic E-state index is 14.3. The summed E-state index contributed by atoms with van der Waals surface area (Å²) in [5, 5.41) is 0. The molecule has 0 saturated carbocycles. The van der Waals surface area contributed by atoms with Crippen LogP contribution in [0.3, 0.4) is 0 Å². The lowest BCUT2D eigenvalue weighted by molar-refractivity contribution is 0.00578. The molecule has 254 valence electrons. The summed E-state index contributed by atoms with van der Waals surface area (Å²) in [5.41, 5.74) is 2.24. The monoisotopic (exact) mass is 658 g/mol. The van der Waals surface area contributed by atoms with E-state index in [1.807, 2.05) is 106 Å². The van der Waals surface area contributed by atoms with Gasteiger partial charge in [0, 0.05) is 29.5 Å². The zero-order valence-corrected chi connectivity index (χ0v) is 29.6. The summed E-state index contributed by atoms with van der Waals surface area (Å²) in [6.45, 7) is 19.8. The number of pyridine rings is 2. The molecule has 2 aliphatic heterocycles. The van der Waals surface area contributed by atoms with Gasteiger partial charge in [0.05, 0.1) is 33.8 Å². The van der Waals surface area contributed by atoms with Crippen LogP contribution in [-0.2, 0) is 23.3 Å². The molecule has 48 heavy (non-hydrogen) atoms. The molecule has 7 nitrogen and oxygen atoms in total. The largest absolute Gasteiger partial charge is 0.640 e. The van der Waals surface area contributed by atoms with Crippen molar-refractivity contribution in [1.82, 2.24) is 9.97 Å². The molecule has 4 aromatic rings. The minimum Gasteiger partial charge on any atom is -0.399 e. The number of hydrogen-bond donors (Lipinski definition) is 0. The van der Waals surface area contributed by atoms with E-state index in [2.05, 4.69) is 9.97 Å². The van der Waals surface area contributed by atoms with Crippen LogP contribution < -0.4 is 5.46 Å². The highest BCUT2D eigenvalue weighted by Gasteiger charge is 2.53. The number of nitrogens with zero attached hydrogens (tertiary/aromatic N) is 2. The number of benzene rings is 2. The summed E-state index contributed by atoms with van der Waals surface area (Å²) >= 11 is 0. The van der Waals surface area contributed by atoms with E-state index < -0.39 is 25.6 Å². The highest BCUT2D eigenvalue weighted by Crippen LogP contribution is 2.38. The van der Waals surface area contributed by atoms with Crippen LogP contribution in [0, 0.1) is 11.6 Å². The second-order valence-corrected chi connectivity index (χ2v) is 14.0. The second-order valence-electron chi connectivity index (χ2n) is 14.0. The van der Waals surface area contributed by atoms with E-state index in [1.165, 1.54) is 18.2 Å². The molecule has 6 rings (SSSR count). The van der Waals surface area contributed by atoms with Crippen molar-refractivity contribution >= 4 is 19.9 Å². The summed E-state index contributed by atoms with van der Waals surface area (Å²) < 4.78 is 55.4. The number of hydrogen-bond acceptors (Lipinski definition) is 7. The van der Waals surface area contributed by atoms with Gasteiger partial charge < -0.3 is 23.3 Å². The SMILES string of the molecule is CC(C)OB1OC(C)(C)C(C)(C)O1.CC1(C)OB(c2cc(-c3ccccn3)ccc2F)OC1(C)C.Fc1ccc(-c2ccccn2)cc1. The van der Waals surface area contributed by atoms with Gasteiger partial charge in [0.25, 0.3) is 0 Å². The number of rotatable bonds is 5. The molecule has 2 aromatic heterocycles. The molecule has 2 aliphatic rings. The van der Waals surface area contributed by atoms with Crippen LogP contribution in [-0.4, -0.2) is 52.9 Å². The first-order valence-corrected chi connectivity index (χ1v) is 16.2. The van der Waals surface area contributed by atoms with Crippen LogP contribution in [0.2, 0.25) is 0 Å². The summed E-state index contributed by atoms with van der Waals surface area (Å²) in [7, 11) is -1.24. The van der Waals surface area contributed by atoms with E-state index in [4.69, 9.17) is 23.3 Å². The van der Waals surface area contributed by atoms with Crippen molar-refractivity contribution in [2.24, 2.45) is 0 Å². The highest BCUT2D eigenvalue weighted by atomic mass is 19.1. The van der Waals surface area contributed by atoms with Gasteiger partial charge in [-0.2, -0.15) is 0 Å². The summed E-state index contributed by atoms with van der Waals surface area (Å²) in [4.78, 5) is 8.46. The Morgan fingerprint density at radius 1 is 0.604 bits per heavy atom. The summed E-state index contributed by atoms with van der Waals surface area (Å²) in [6, 6.07) is 22.5. The van der Waals surface area contributed by atoms with Crippen molar-refractivity contribution in [2.45, 2.75) is 97.7 Å². The Kier molecular flexibility index (Phi) is 11.6.